The van der Waals surface area contributed by atoms with Gasteiger partial charge in [-0.3, -0.25) is 9.59 Å². The van der Waals surface area contributed by atoms with E-state index in [1.54, 1.807) is 19.1 Å². The second-order valence-corrected chi connectivity index (χ2v) is 4.87. The number of hydrogen-bond donors (Lipinski definition) is 1. The molecule has 7 nitrogen and oxygen atoms in total. The van der Waals surface area contributed by atoms with Crippen LogP contribution in [0.5, 0.6) is 5.75 Å². The van der Waals surface area contributed by atoms with Gasteiger partial charge in [0.2, 0.25) is 0 Å². The van der Waals surface area contributed by atoms with Crippen LogP contribution in [0, 0.1) is 0 Å². The number of aliphatic hydroxyl groups excluding tert-OH is 1. The van der Waals surface area contributed by atoms with E-state index in [1.165, 1.54) is 4.90 Å². The van der Waals surface area contributed by atoms with E-state index in [0.29, 0.717) is 18.9 Å². The van der Waals surface area contributed by atoms with E-state index in [0.717, 1.165) is 0 Å². The Morgan fingerprint density at radius 2 is 1.88 bits per heavy atom. The molecule has 24 heavy (non-hydrogen) atoms. The summed E-state index contributed by atoms with van der Waals surface area (Å²) in [5.74, 6) is 0.0130. The maximum Gasteiger partial charge on any atom is 0.307 e. The normalized spacial score (nSPS) is 10.2. The molecule has 0 spiro atoms. The summed E-state index contributed by atoms with van der Waals surface area (Å²) < 4.78 is 15.5. The zero-order valence-corrected chi connectivity index (χ0v) is 14.0. The van der Waals surface area contributed by atoms with Crippen LogP contribution < -0.4 is 4.74 Å². The Hall–Kier alpha value is -2.12. The maximum atomic E-state index is 12.3. The lowest BCUT2D eigenvalue weighted by molar-refractivity contribution is -0.144. The SMILES string of the molecule is CCOC(=O)CCN(CCOCCO)C(=O)COc1ccccc1. The predicted octanol–water partition coefficient (Wildman–Crippen LogP) is 0.856. The van der Waals surface area contributed by atoms with Crippen molar-refractivity contribution < 1.29 is 28.9 Å². The molecule has 1 N–H and O–H groups in total. The molecule has 0 saturated heterocycles. The Morgan fingerprint density at radius 1 is 1.12 bits per heavy atom. The van der Waals surface area contributed by atoms with Gasteiger partial charge in [0.15, 0.2) is 6.61 Å². The van der Waals surface area contributed by atoms with Crippen LogP contribution in [0.2, 0.25) is 0 Å². The fraction of sp³-hybridized carbons (Fsp3) is 0.529. The highest BCUT2D eigenvalue weighted by atomic mass is 16.5. The van der Waals surface area contributed by atoms with Crippen molar-refractivity contribution in [3.8, 4) is 5.75 Å². The quantitative estimate of drug-likeness (QED) is 0.449. The minimum atomic E-state index is -0.351. The van der Waals surface area contributed by atoms with Crippen LogP contribution in [-0.2, 0) is 19.1 Å². The molecule has 1 rings (SSSR count). The van der Waals surface area contributed by atoms with Crippen LogP contribution in [0.3, 0.4) is 0 Å². The first-order chi connectivity index (χ1) is 11.7. The smallest absolute Gasteiger partial charge is 0.307 e. The van der Waals surface area contributed by atoms with Gasteiger partial charge in [0.25, 0.3) is 5.91 Å². The number of para-hydroxylation sites is 1. The Bertz CT molecular complexity index is 479. The highest BCUT2D eigenvalue weighted by molar-refractivity contribution is 5.78. The number of rotatable bonds is 12. The van der Waals surface area contributed by atoms with Gasteiger partial charge in [0.05, 0.1) is 32.8 Å². The first-order valence-corrected chi connectivity index (χ1v) is 7.97. The number of aliphatic hydroxyl groups is 1. The third-order valence-electron chi connectivity index (χ3n) is 3.09. The molecule has 0 fully saturated rings. The fourth-order valence-electron chi connectivity index (χ4n) is 1.92. The van der Waals surface area contributed by atoms with Crippen molar-refractivity contribution in [2.45, 2.75) is 13.3 Å². The lowest BCUT2D eigenvalue weighted by atomic mass is 10.3. The number of nitrogens with zero attached hydrogens (tertiary/aromatic N) is 1. The predicted molar refractivity (Wildman–Crippen MR) is 87.7 cm³/mol. The van der Waals surface area contributed by atoms with E-state index in [9.17, 15) is 9.59 Å². The van der Waals surface area contributed by atoms with E-state index >= 15 is 0 Å². The van der Waals surface area contributed by atoms with Crippen LogP contribution in [0.4, 0.5) is 0 Å². The molecule has 0 aromatic heterocycles. The average Bonchev–Trinajstić information content (AvgIpc) is 2.60. The number of amides is 1. The number of ether oxygens (including phenoxy) is 3. The molecule has 0 aliphatic carbocycles. The zero-order valence-electron chi connectivity index (χ0n) is 14.0. The minimum absolute atomic E-state index is 0.0755. The summed E-state index contributed by atoms with van der Waals surface area (Å²) in [6.07, 6.45) is 0.116. The Morgan fingerprint density at radius 3 is 2.54 bits per heavy atom. The van der Waals surface area contributed by atoms with Crippen molar-refractivity contribution in [3.63, 3.8) is 0 Å². The molecule has 7 heteroatoms. The lowest BCUT2D eigenvalue weighted by Crippen LogP contribution is -2.39. The maximum absolute atomic E-state index is 12.3. The zero-order chi connectivity index (χ0) is 17.6. The number of esters is 1. The van der Waals surface area contributed by atoms with E-state index in [2.05, 4.69) is 0 Å². The van der Waals surface area contributed by atoms with Crippen molar-refractivity contribution in [2.75, 3.05) is 46.1 Å². The number of hydrogen-bond acceptors (Lipinski definition) is 6. The summed E-state index contributed by atoms with van der Waals surface area (Å²) in [6.45, 7) is 2.89. The van der Waals surface area contributed by atoms with Crippen LogP contribution >= 0.6 is 0 Å². The molecule has 0 aliphatic rings. The summed E-state index contributed by atoms with van der Waals surface area (Å²) >= 11 is 0. The highest BCUT2D eigenvalue weighted by Gasteiger charge is 2.16. The number of carbonyl (C=O) groups excluding carboxylic acids is 2. The van der Waals surface area contributed by atoms with Crippen LogP contribution in [0.25, 0.3) is 0 Å². The Kier molecular flexibility index (Phi) is 10.2. The van der Waals surface area contributed by atoms with Crippen LogP contribution in [-0.4, -0.2) is 68.0 Å². The van der Waals surface area contributed by atoms with Crippen molar-refractivity contribution >= 4 is 11.9 Å². The molecule has 1 amide bonds. The van der Waals surface area contributed by atoms with Gasteiger partial charge in [-0.05, 0) is 19.1 Å². The Balaban J connectivity index is 2.47. The van der Waals surface area contributed by atoms with E-state index in [-0.39, 0.29) is 51.3 Å². The van der Waals surface area contributed by atoms with Crippen molar-refractivity contribution in [3.05, 3.63) is 30.3 Å². The second kappa shape index (κ2) is 12.3. The molecule has 0 bridgehead atoms. The van der Waals surface area contributed by atoms with E-state index in [1.807, 2.05) is 18.2 Å². The molecule has 1 aromatic carbocycles. The first-order valence-electron chi connectivity index (χ1n) is 7.97. The van der Waals surface area contributed by atoms with Gasteiger partial charge in [-0.1, -0.05) is 18.2 Å². The minimum Gasteiger partial charge on any atom is -0.484 e. The van der Waals surface area contributed by atoms with Gasteiger partial charge in [0, 0.05) is 13.1 Å². The molecule has 0 saturated carbocycles. The summed E-state index contributed by atoms with van der Waals surface area (Å²) in [4.78, 5) is 25.3. The van der Waals surface area contributed by atoms with Gasteiger partial charge in [-0.25, -0.2) is 0 Å². The molecule has 0 radical (unpaired) electrons. The average molecular weight is 339 g/mol. The largest absolute Gasteiger partial charge is 0.484 e. The van der Waals surface area contributed by atoms with Gasteiger partial charge in [0.1, 0.15) is 5.75 Å². The molecular formula is C17H25NO6. The Labute approximate surface area is 142 Å². The van der Waals surface area contributed by atoms with E-state index in [4.69, 9.17) is 19.3 Å². The molecular weight excluding hydrogens is 314 g/mol. The van der Waals surface area contributed by atoms with Gasteiger partial charge < -0.3 is 24.2 Å². The third kappa shape index (κ3) is 8.50. The van der Waals surface area contributed by atoms with Gasteiger partial charge >= 0.3 is 5.97 Å². The summed E-state index contributed by atoms with van der Waals surface area (Å²) in [5, 5.41) is 8.70. The standard InChI is InChI=1S/C17H25NO6/c1-2-23-17(21)8-9-18(10-12-22-13-11-19)16(20)14-24-15-6-4-3-5-7-15/h3-7,19H,2,8-14H2,1H3. The van der Waals surface area contributed by atoms with Crippen LogP contribution in [0.15, 0.2) is 30.3 Å². The summed E-state index contributed by atoms with van der Waals surface area (Å²) in [7, 11) is 0. The molecule has 0 heterocycles. The number of carbonyl (C=O) groups is 2. The van der Waals surface area contributed by atoms with Gasteiger partial charge in [-0.2, -0.15) is 0 Å². The van der Waals surface area contributed by atoms with Crippen molar-refractivity contribution in [1.82, 2.24) is 4.90 Å². The molecule has 0 unspecified atom stereocenters. The fourth-order valence-corrected chi connectivity index (χ4v) is 1.92. The van der Waals surface area contributed by atoms with Gasteiger partial charge in [-0.15, -0.1) is 0 Å². The van der Waals surface area contributed by atoms with E-state index < -0.39 is 0 Å². The monoisotopic (exact) mass is 339 g/mol. The summed E-state index contributed by atoms with van der Waals surface area (Å²) in [5.41, 5.74) is 0. The van der Waals surface area contributed by atoms with Crippen molar-refractivity contribution in [1.29, 1.82) is 0 Å². The number of benzene rings is 1. The third-order valence-corrected chi connectivity index (χ3v) is 3.09. The second-order valence-electron chi connectivity index (χ2n) is 4.87. The molecule has 0 atom stereocenters. The molecule has 134 valence electrons. The lowest BCUT2D eigenvalue weighted by Gasteiger charge is -2.22. The van der Waals surface area contributed by atoms with Crippen molar-refractivity contribution in [2.24, 2.45) is 0 Å². The topological polar surface area (TPSA) is 85.3 Å². The highest BCUT2D eigenvalue weighted by Crippen LogP contribution is 2.08. The van der Waals surface area contributed by atoms with Crippen LogP contribution in [0.1, 0.15) is 13.3 Å². The molecule has 0 aliphatic heterocycles. The summed E-state index contributed by atoms with van der Waals surface area (Å²) in [6, 6.07) is 9.03. The first kappa shape index (κ1) is 19.9. The molecule has 1 aromatic rings.